The molecule has 2 aliphatic rings. The van der Waals surface area contributed by atoms with Crippen molar-refractivity contribution in [1.29, 1.82) is 0 Å². The number of hydrogen-bond acceptors (Lipinski definition) is 6. The molecule has 0 amide bonds. The van der Waals surface area contributed by atoms with Gasteiger partial charge in [0.25, 0.3) is 5.56 Å². The molecule has 3 heterocycles. The third-order valence-corrected chi connectivity index (χ3v) is 6.35. The summed E-state index contributed by atoms with van der Waals surface area (Å²) < 4.78 is 11.5. The predicted octanol–water partition coefficient (Wildman–Crippen LogP) is 2.61. The number of benzene rings is 1. The van der Waals surface area contributed by atoms with Crippen LogP contribution < -0.4 is 10.3 Å². The summed E-state index contributed by atoms with van der Waals surface area (Å²) in [4.78, 5) is 22.7. The molecule has 2 fully saturated rings. The van der Waals surface area contributed by atoms with Crippen molar-refractivity contribution in [1.82, 2.24) is 25.1 Å². The smallest absolute Gasteiger partial charge is 0.279 e. The van der Waals surface area contributed by atoms with E-state index in [1.165, 1.54) is 12.8 Å². The van der Waals surface area contributed by atoms with Crippen LogP contribution in [0.3, 0.4) is 0 Å². The van der Waals surface area contributed by atoms with Gasteiger partial charge >= 0.3 is 0 Å². The van der Waals surface area contributed by atoms with Gasteiger partial charge in [-0.1, -0.05) is 31.0 Å². The average molecular weight is 424 g/mol. The largest absolute Gasteiger partial charge is 0.492 e. The number of aromatic nitrogens is 4. The highest BCUT2D eigenvalue weighted by Crippen LogP contribution is 2.35. The van der Waals surface area contributed by atoms with Gasteiger partial charge < -0.3 is 14.5 Å². The molecule has 8 heteroatoms. The second-order valence-corrected chi connectivity index (χ2v) is 8.42. The van der Waals surface area contributed by atoms with Crippen molar-refractivity contribution in [2.24, 2.45) is 0 Å². The fourth-order valence-electron chi connectivity index (χ4n) is 4.64. The maximum absolute atomic E-state index is 12.6. The van der Waals surface area contributed by atoms with E-state index in [2.05, 4.69) is 20.1 Å². The minimum Gasteiger partial charge on any atom is -0.492 e. The van der Waals surface area contributed by atoms with E-state index in [1.807, 2.05) is 24.3 Å². The normalized spacial score (nSPS) is 18.1. The molecule has 31 heavy (non-hydrogen) atoms. The first kappa shape index (κ1) is 20.2. The van der Waals surface area contributed by atoms with E-state index in [0.717, 1.165) is 68.2 Å². The Balaban J connectivity index is 1.33. The van der Waals surface area contributed by atoms with Crippen molar-refractivity contribution >= 4 is 11.0 Å². The van der Waals surface area contributed by atoms with Gasteiger partial charge in [-0.05, 0) is 18.9 Å². The fraction of sp³-hybridized carbons (Fsp3) is 0.522. The molecule has 1 saturated carbocycles. The van der Waals surface area contributed by atoms with E-state index in [-0.39, 0.29) is 5.56 Å². The Morgan fingerprint density at radius 3 is 2.77 bits per heavy atom. The molecule has 2 aromatic heterocycles. The van der Waals surface area contributed by atoms with Crippen molar-refractivity contribution in [2.45, 2.75) is 38.0 Å². The molecule has 8 nitrogen and oxygen atoms in total. The third-order valence-electron chi connectivity index (χ3n) is 6.35. The number of para-hydroxylation sites is 1. The van der Waals surface area contributed by atoms with Crippen molar-refractivity contribution < 1.29 is 9.47 Å². The zero-order chi connectivity index (χ0) is 21.0. The Morgan fingerprint density at radius 2 is 1.94 bits per heavy atom. The van der Waals surface area contributed by atoms with Gasteiger partial charge in [0.05, 0.1) is 18.9 Å². The van der Waals surface area contributed by atoms with Gasteiger partial charge in [-0.15, -0.1) is 0 Å². The minimum atomic E-state index is -0.189. The number of nitrogens with one attached hydrogen (secondary N) is 2. The summed E-state index contributed by atoms with van der Waals surface area (Å²) in [6.45, 7) is 4.96. The number of ether oxygens (including phenoxy) is 2. The van der Waals surface area contributed by atoms with Gasteiger partial charge in [-0.25, -0.2) is 4.98 Å². The van der Waals surface area contributed by atoms with Crippen LogP contribution in [0.2, 0.25) is 0 Å². The maximum atomic E-state index is 12.6. The molecule has 164 valence electrons. The second-order valence-electron chi connectivity index (χ2n) is 8.42. The summed E-state index contributed by atoms with van der Waals surface area (Å²) in [5.74, 6) is 1.90. The van der Waals surface area contributed by atoms with E-state index < -0.39 is 0 Å². The van der Waals surface area contributed by atoms with E-state index in [4.69, 9.17) is 14.5 Å². The molecular weight excluding hydrogens is 394 g/mol. The maximum Gasteiger partial charge on any atom is 0.279 e. The van der Waals surface area contributed by atoms with Crippen LogP contribution in [0.15, 0.2) is 29.1 Å². The van der Waals surface area contributed by atoms with Crippen molar-refractivity contribution in [3.63, 3.8) is 0 Å². The lowest BCUT2D eigenvalue weighted by molar-refractivity contribution is 0.0322. The SMILES string of the molecule is O=c1[nH]c(Cc2ccccc2OCCN2CCOCC2)nc2c(C3CCCC3)[nH]nc12. The second kappa shape index (κ2) is 9.20. The summed E-state index contributed by atoms with van der Waals surface area (Å²) in [5, 5.41) is 7.33. The van der Waals surface area contributed by atoms with E-state index in [0.29, 0.717) is 30.3 Å². The summed E-state index contributed by atoms with van der Waals surface area (Å²) in [6.07, 6.45) is 5.20. The Labute approximate surface area is 181 Å². The Hall–Kier alpha value is -2.71. The Bertz CT molecular complexity index is 1080. The number of aromatic amines is 2. The molecule has 0 radical (unpaired) electrons. The lowest BCUT2D eigenvalue weighted by atomic mass is 10.0. The van der Waals surface area contributed by atoms with Gasteiger partial charge in [0, 0.05) is 37.5 Å². The van der Waals surface area contributed by atoms with Crippen LogP contribution >= 0.6 is 0 Å². The molecule has 0 bridgehead atoms. The summed E-state index contributed by atoms with van der Waals surface area (Å²) >= 11 is 0. The first-order valence-corrected chi connectivity index (χ1v) is 11.3. The minimum absolute atomic E-state index is 0.189. The quantitative estimate of drug-likeness (QED) is 0.606. The van der Waals surface area contributed by atoms with Gasteiger partial charge in [0.15, 0.2) is 5.52 Å². The molecule has 2 N–H and O–H groups in total. The fourth-order valence-corrected chi connectivity index (χ4v) is 4.64. The van der Waals surface area contributed by atoms with Crippen molar-refractivity contribution in [3.05, 3.63) is 51.7 Å². The molecule has 0 unspecified atom stereocenters. The van der Waals surface area contributed by atoms with Crippen LogP contribution in [0.5, 0.6) is 5.75 Å². The first-order chi connectivity index (χ1) is 15.3. The molecule has 1 aromatic carbocycles. The highest BCUT2D eigenvalue weighted by atomic mass is 16.5. The molecule has 0 atom stereocenters. The van der Waals surface area contributed by atoms with Crippen LogP contribution in [0.1, 0.15) is 48.7 Å². The molecule has 1 aliphatic carbocycles. The zero-order valence-corrected chi connectivity index (χ0v) is 17.7. The van der Waals surface area contributed by atoms with Gasteiger partial charge in [-0.3, -0.25) is 14.8 Å². The van der Waals surface area contributed by atoms with E-state index in [1.54, 1.807) is 0 Å². The third kappa shape index (κ3) is 4.50. The lowest BCUT2D eigenvalue weighted by Crippen LogP contribution is -2.38. The highest BCUT2D eigenvalue weighted by molar-refractivity contribution is 5.76. The van der Waals surface area contributed by atoms with Crippen LogP contribution in [0.25, 0.3) is 11.0 Å². The summed E-state index contributed by atoms with van der Waals surface area (Å²) in [6, 6.07) is 7.97. The number of fused-ring (bicyclic) bond motifs is 1. The molecular formula is C23H29N5O3. The van der Waals surface area contributed by atoms with Gasteiger partial charge in [0.2, 0.25) is 0 Å². The van der Waals surface area contributed by atoms with Gasteiger partial charge in [-0.2, -0.15) is 5.10 Å². The molecule has 5 rings (SSSR count). The monoisotopic (exact) mass is 423 g/mol. The van der Waals surface area contributed by atoms with Crippen molar-refractivity contribution in [3.8, 4) is 5.75 Å². The molecule has 1 aliphatic heterocycles. The Kier molecular flexibility index (Phi) is 5.99. The number of morpholine rings is 1. The molecule has 0 spiro atoms. The lowest BCUT2D eigenvalue weighted by Gasteiger charge is -2.26. The average Bonchev–Trinajstić information content (AvgIpc) is 3.46. The van der Waals surface area contributed by atoms with Crippen LogP contribution in [-0.4, -0.2) is 64.5 Å². The topological polar surface area (TPSA) is 96.1 Å². The molecule has 1 saturated heterocycles. The highest BCUT2D eigenvalue weighted by Gasteiger charge is 2.23. The first-order valence-electron chi connectivity index (χ1n) is 11.3. The number of hydrogen-bond donors (Lipinski definition) is 2. The van der Waals surface area contributed by atoms with Crippen molar-refractivity contribution in [2.75, 3.05) is 39.5 Å². The van der Waals surface area contributed by atoms with Crippen LogP contribution in [0, 0.1) is 0 Å². The van der Waals surface area contributed by atoms with Crippen LogP contribution in [-0.2, 0) is 11.2 Å². The number of H-pyrrole nitrogens is 2. The van der Waals surface area contributed by atoms with E-state index in [9.17, 15) is 4.79 Å². The van der Waals surface area contributed by atoms with Crippen LogP contribution in [0.4, 0.5) is 0 Å². The summed E-state index contributed by atoms with van der Waals surface area (Å²) in [7, 11) is 0. The standard InChI is InChI=1S/C23H29N5O3/c29-23-22-21(20(26-27-22)16-5-1-2-6-16)24-19(25-23)15-17-7-3-4-8-18(17)31-14-11-28-9-12-30-13-10-28/h3-4,7-8,16H,1-2,5-6,9-15H2,(H,26,27)(H,24,25,29). The molecule has 3 aromatic rings. The number of rotatable bonds is 7. The predicted molar refractivity (Wildman–Crippen MR) is 118 cm³/mol. The van der Waals surface area contributed by atoms with Gasteiger partial charge in [0.1, 0.15) is 23.7 Å². The zero-order valence-electron chi connectivity index (χ0n) is 17.7. The van der Waals surface area contributed by atoms with E-state index >= 15 is 0 Å². The summed E-state index contributed by atoms with van der Waals surface area (Å²) in [5.41, 5.74) is 2.95. The Morgan fingerprint density at radius 1 is 1.13 bits per heavy atom. The number of nitrogens with zero attached hydrogens (tertiary/aromatic N) is 3.